The number of H-pyrrole nitrogens is 1. The van der Waals surface area contributed by atoms with Gasteiger partial charge in [0.1, 0.15) is 5.56 Å². The molecule has 0 aliphatic rings. The second-order valence-electron chi connectivity index (χ2n) is 3.49. The van der Waals surface area contributed by atoms with Gasteiger partial charge in [0.05, 0.1) is 11.4 Å². The van der Waals surface area contributed by atoms with Crippen molar-refractivity contribution in [1.82, 2.24) is 15.0 Å². The molecule has 0 atom stereocenters. The van der Waals surface area contributed by atoms with E-state index in [1.165, 1.54) is 18.5 Å². The molecule has 2 aromatic heterocycles. The molecule has 2 aromatic rings. The molecule has 0 saturated heterocycles. The lowest BCUT2D eigenvalue weighted by atomic mass is 10.1. The van der Waals surface area contributed by atoms with Gasteiger partial charge in [-0.05, 0) is 13.0 Å². The quantitative estimate of drug-likeness (QED) is 0.771. The summed E-state index contributed by atoms with van der Waals surface area (Å²) in [6.07, 6.45) is 4.59. The van der Waals surface area contributed by atoms with Crippen molar-refractivity contribution >= 4 is 5.91 Å². The van der Waals surface area contributed by atoms with Crippen molar-refractivity contribution in [2.24, 2.45) is 5.73 Å². The predicted octanol–water partition coefficient (Wildman–Crippen LogP) is 0.239. The van der Waals surface area contributed by atoms with E-state index in [1.807, 2.05) is 0 Å². The minimum Gasteiger partial charge on any atom is -0.365 e. The van der Waals surface area contributed by atoms with Crippen molar-refractivity contribution in [2.75, 3.05) is 0 Å². The molecule has 6 nitrogen and oxygen atoms in total. The Labute approximate surface area is 96.5 Å². The summed E-state index contributed by atoms with van der Waals surface area (Å²) in [6.45, 7) is 1.79. The third kappa shape index (κ3) is 2.05. The molecule has 3 N–H and O–H groups in total. The van der Waals surface area contributed by atoms with Crippen LogP contribution < -0.4 is 11.3 Å². The number of amides is 1. The maximum absolute atomic E-state index is 11.3. The highest BCUT2D eigenvalue weighted by Gasteiger charge is 2.10. The van der Waals surface area contributed by atoms with Gasteiger partial charge in [0.25, 0.3) is 11.5 Å². The van der Waals surface area contributed by atoms with Gasteiger partial charge in [-0.25, -0.2) is 0 Å². The number of hydrogen-bond acceptors (Lipinski definition) is 4. The largest absolute Gasteiger partial charge is 0.365 e. The minimum absolute atomic E-state index is 0.0902. The van der Waals surface area contributed by atoms with Crippen molar-refractivity contribution in [3.8, 4) is 11.3 Å². The van der Waals surface area contributed by atoms with Gasteiger partial charge >= 0.3 is 0 Å². The Hall–Kier alpha value is -2.50. The van der Waals surface area contributed by atoms with E-state index >= 15 is 0 Å². The fourth-order valence-electron chi connectivity index (χ4n) is 1.49. The number of nitrogens with two attached hydrogens (primary N) is 1. The summed E-state index contributed by atoms with van der Waals surface area (Å²) < 4.78 is 0. The summed E-state index contributed by atoms with van der Waals surface area (Å²) in [5.74, 6) is -0.769. The molecule has 0 bridgehead atoms. The lowest BCUT2D eigenvalue weighted by Crippen LogP contribution is -2.23. The van der Waals surface area contributed by atoms with E-state index in [0.717, 1.165) is 0 Å². The Kier molecular flexibility index (Phi) is 2.70. The van der Waals surface area contributed by atoms with Crippen LogP contribution in [-0.4, -0.2) is 20.9 Å². The molecule has 0 saturated carbocycles. The van der Waals surface area contributed by atoms with Crippen LogP contribution in [0.15, 0.2) is 29.5 Å². The molecular weight excluding hydrogens is 220 g/mol. The molecule has 1 amide bonds. The first-order chi connectivity index (χ1) is 8.09. The van der Waals surface area contributed by atoms with Crippen LogP contribution in [0.3, 0.4) is 0 Å². The molecule has 6 heteroatoms. The van der Waals surface area contributed by atoms with Crippen LogP contribution in [0.4, 0.5) is 0 Å². The second kappa shape index (κ2) is 4.17. The monoisotopic (exact) mass is 230 g/mol. The minimum atomic E-state index is -0.769. The zero-order valence-corrected chi connectivity index (χ0v) is 9.10. The number of aryl methyl sites for hydroxylation is 1. The van der Waals surface area contributed by atoms with E-state index in [4.69, 9.17) is 5.73 Å². The van der Waals surface area contributed by atoms with Crippen LogP contribution >= 0.6 is 0 Å². The Morgan fingerprint density at radius 3 is 2.71 bits per heavy atom. The molecule has 0 aromatic carbocycles. The molecule has 17 heavy (non-hydrogen) atoms. The van der Waals surface area contributed by atoms with Crippen LogP contribution in [0.25, 0.3) is 11.3 Å². The van der Waals surface area contributed by atoms with Crippen molar-refractivity contribution in [3.63, 3.8) is 0 Å². The van der Waals surface area contributed by atoms with Crippen LogP contribution in [0, 0.1) is 6.92 Å². The van der Waals surface area contributed by atoms with Crippen molar-refractivity contribution in [3.05, 3.63) is 46.3 Å². The summed E-state index contributed by atoms with van der Waals surface area (Å²) in [6, 6.07) is 1.41. The number of nitrogens with one attached hydrogen (secondary N) is 1. The zero-order chi connectivity index (χ0) is 12.4. The average Bonchev–Trinajstić information content (AvgIpc) is 2.30. The molecule has 86 valence electrons. The first kappa shape index (κ1) is 11.0. The number of primary amides is 1. The Bertz CT molecular complexity index is 633. The summed E-state index contributed by atoms with van der Waals surface area (Å²) in [4.78, 5) is 33.1. The van der Waals surface area contributed by atoms with Gasteiger partial charge in [0.15, 0.2) is 0 Å². The molecule has 2 heterocycles. The summed E-state index contributed by atoms with van der Waals surface area (Å²) in [5.41, 5.74) is 6.41. The van der Waals surface area contributed by atoms with Crippen molar-refractivity contribution < 1.29 is 4.79 Å². The summed E-state index contributed by atoms with van der Waals surface area (Å²) >= 11 is 0. The highest BCUT2D eigenvalue weighted by Crippen LogP contribution is 2.17. The molecule has 0 aliphatic heterocycles. The highest BCUT2D eigenvalue weighted by atomic mass is 16.2. The number of rotatable bonds is 2. The van der Waals surface area contributed by atoms with Crippen molar-refractivity contribution in [1.29, 1.82) is 0 Å². The number of carbonyl (C=O) groups excluding carboxylic acids is 1. The van der Waals surface area contributed by atoms with Gasteiger partial charge in [-0.2, -0.15) is 0 Å². The van der Waals surface area contributed by atoms with Crippen LogP contribution in [0.1, 0.15) is 16.1 Å². The molecule has 2 rings (SSSR count). The van der Waals surface area contributed by atoms with E-state index in [2.05, 4.69) is 15.0 Å². The number of aromatic nitrogens is 3. The highest BCUT2D eigenvalue weighted by molar-refractivity contribution is 5.93. The first-order valence-electron chi connectivity index (χ1n) is 4.90. The standard InChI is InChI=1S/C11H10N4O2/c1-6-9(14-3-2-13-6)7-4-8(10(12)16)11(17)15-5-7/h2-5H,1H3,(H2,12,16)(H,15,17). The molecule has 0 radical (unpaired) electrons. The smallest absolute Gasteiger partial charge is 0.260 e. The van der Waals surface area contributed by atoms with Gasteiger partial charge in [0, 0.05) is 24.2 Å². The van der Waals surface area contributed by atoms with Crippen LogP contribution in [0.5, 0.6) is 0 Å². The molecule has 0 spiro atoms. The van der Waals surface area contributed by atoms with E-state index < -0.39 is 11.5 Å². The predicted molar refractivity (Wildman–Crippen MR) is 61.3 cm³/mol. The van der Waals surface area contributed by atoms with Gasteiger partial charge in [-0.15, -0.1) is 0 Å². The zero-order valence-electron chi connectivity index (χ0n) is 9.10. The van der Waals surface area contributed by atoms with Crippen LogP contribution in [0.2, 0.25) is 0 Å². The Morgan fingerprint density at radius 2 is 2.06 bits per heavy atom. The van der Waals surface area contributed by atoms with Gasteiger partial charge in [-0.1, -0.05) is 0 Å². The fraction of sp³-hybridized carbons (Fsp3) is 0.0909. The third-order valence-electron chi connectivity index (χ3n) is 2.32. The van der Waals surface area contributed by atoms with E-state index in [9.17, 15) is 9.59 Å². The second-order valence-corrected chi connectivity index (χ2v) is 3.49. The molecule has 0 fully saturated rings. The summed E-state index contributed by atoms with van der Waals surface area (Å²) in [5, 5.41) is 0. The molecule has 0 aliphatic carbocycles. The van der Waals surface area contributed by atoms with Crippen LogP contribution in [-0.2, 0) is 0 Å². The number of nitrogens with zero attached hydrogens (tertiary/aromatic N) is 2. The van der Waals surface area contributed by atoms with E-state index in [1.54, 1.807) is 13.1 Å². The molecule has 0 unspecified atom stereocenters. The number of pyridine rings is 1. The summed E-state index contributed by atoms with van der Waals surface area (Å²) in [7, 11) is 0. The lowest BCUT2D eigenvalue weighted by molar-refractivity contribution is 0.0999. The average molecular weight is 230 g/mol. The first-order valence-corrected chi connectivity index (χ1v) is 4.90. The maximum atomic E-state index is 11.3. The van der Waals surface area contributed by atoms with Gasteiger partial charge < -0.3 is 10.7 Å². The Morgan fingerprint density at radius 1 is 1.35 bits per heavy atom. The lowest BCUT2D eigenvalue weighted by Gasteiger charge is -2.04. The van der Waals surface area contributed by atoms with E-state index in [0.29, 0.717) is 17.0 Å². The number of hydrogen-bond donors (Lipinski definition) is 2. The normalized spacial score (nSPS) is 10.2. The topological polar surface area (TPSA) is 102 Å². The SMILES string of the molecule is Cc1nccnc1-c1c[nH]c(=O)c(C(N)=O)c1. The number of aromatic amines is 1. The molecular formula is C11H10N4O2. The Balaban J connectivity index is 2.62. The third-order valence-corrected chi connectivity index (χ3v) is 2.32. The fourth-order valence-corrected chi connectivity index (χ4v) is 1.49. The van der Waals surface area contributed by atoms with Gasteiger partial charge in [-0.3, -0.25) is 19.6 Å². The van der Waals surface area contributed by atoms with Gasteiger partial charge in [0.2, 0.25) is 0 Å². The maximum Gasteiger partial charge on any atom is 0.260 e. The number of carbonyl (C=O) groups is 1. The van der Waals surface area contributed by atoms with E-state index in [-0.39, 0.29) is 5.56 Å². The van der Waals surface area contributed by atoms with Crippen molar-refractivity contribution in [2.45, 2.75) is 6.92 Å².